The molecule has 1 unspecified atom stereocenters. The molecule has 0 heterocycles. The fraction of sp³-hybridized carbons (Fsp3) is 0.333. The first-order chi connectivity index (χ1) is 10.0. The summed E-state index contributed by atoms with van der Waals surface area (Å²) in [6.45, 7) is 7.35. The second kappa shape index (κ2) is 7.31. The van der Waals surface area contributed by atoms with E-state index in [1.54, 1.807) is 0 Å². The molecule has 2 aromatic carbocycles. The van der Waals surface area contributed by atoms with Crippen molar-refractivity contribution in [3.63, 3.8) is 0 Å². The van der Waals surface area contributed by atoms with Crippen molar-refractivity contribution in [1.29, 1.82) is 0 Å². The summed E-state index contributed by atoms with van der Waals surface area (Å²) < 4.78 is 0. The van der Waals surface area contributed by atoms with Crippen molar-refractivity contribution >= 4 is 23.2 Å². The smallest absolute Gasteiger partial charge is 0.0595 e. The highest BCUT2D eigenvalue weighted by Gasteiger charge is 2.14. The first kappa shape index (κ1) is 16.4. The number of aryl methyl sites for hydroxylation is 2. The van der Waals surface area contributed by atoms with Crippen LogP contribution in [0.15, 0.2) is 36.4 Å². The molecule has 0 fully saturated rings. The number of halogens is 2. The molecular formula is C18H21Cl2N. The quantitative estimate of drug-likeness (QED) is 0.766. The largest absolute Gasteiger partial charge is 0.310 e. The molecule has 0 aromatic heterocycles. The van der Waals surface area contributed by atoms with Gasteiger partial charge in [-0.15, -0.1) is 0 Å². The van der Waals surface area contributed by atoms with Crippen LogP contribution in [0.1, 0.15) is 35.2 Å². The van der Waals surface area contributed by atoms with Gasteiger partial charge in [0.15, 0.2) is 0 Å². The molecular weight excluding hydrogens is 301 g/mol. The van der Waals surface area contributed by atoms with E-state index in [4.69, 9.17) is 23.2 Å². The lowest BCUT2D eigenvalue weighted by Gasteiger charge is -2.21. The number of nitrogens with one attached hydrogen (secondary N) is 1. The summed E-state index contributed by atoms with van der Waals surface area (Å²) in [5.41, 5.74) is 5.14. The first-order valence-corrected chi connectivity index (χ1v) is 8.01. The molecule has 1 atom stereocenters. The van der Waals surface area contributed by atoms with Gasteiger partial charge in [0.05, 0.1) is 10.0 Å². The Hall–Kier alpha value is -1.02. The fourth-order valence-electron chi connectivity index (χ4n) is 2.58. The zero-order valence-corrected chi connectivity index (χ0v) is 14.2. The van der Waals surface area contributed by atoms with Crippen molar-refractivity contribution in [3.8, 4) is 0 Å². The molecule has 0 spiro atoms. The maximum atomic E-state index is 6.12. The molecule has 0 radical (unpaired) electrons. The van der Waals surface area contributed by atoms with E-state index >= 15 is 0 Å². The molecule has 21 heavy (non-hydrogen) atoms. The van der Waals surface area contributed by atoms with Crippen LogP contribution in [0.2, 0.25) is 10.0 Å². The van der Waals surface area contributed by atoms with E-state index in [2.05, 4.69) is 44.3 Å². The Bertz CT molecular complexity index is 623. The van der Waals surface area contributed by atoms with E-state index in [-0.39, 0.29) is 6.04 Å². The second-order valence-electron chi connectivity index (χ2n) is 5.42. The topological polar surface area (TPSA) is 12.0 Å². The van der Waals surface area contributed by atoms with Gasteiger partial charge in [-0.2, -0.15) is 0 Å². The Labute approximate surface area is 137 Å². The number of hydrogen-bond donors (Lipinski definition) is 1. The van der Waals surface area contributed by atoms with Crippen LogP contribution in [0.25, 0.3) is 0 Å². The second-order valence-corrected chi connectivity index (χ2v) is 6.24. The summed E-state index contributed by atoms with van der Waals surface area (Å²) in [6.07, 6.45) is 0.898. The molecule has 0 saturated heterocycles. The summed E-state index contributed by atoms with van der Waals surface area (Å²) in [5, 5.41) is 4.79. The maximum absolute atomic E-state index is 6.12. The van der Waals surface area contributed by atoms with Crippen LogP contribution >= 0.6 is 23.2 Å². The van der Waals surface area contributed by atoms with E-state index in [0.29, 0.717) is 10.0 Å². The molecule has 1 N–H and O–H groups in total. The number of rotatable bonds is 5. The molecule has 0 aliphatic carbocycles. The van der Waals surface area contributed by atoms with Gasteiger partial charge in [0, 0.05) is 6.04 Å². The summed E-state index contributed by atoms with van der Waals surface area (Å²) in [5.74, 6) is 0. The Morgan fingerprint density at radius 2 is 1.76 bits per heavy atom. The minimum atomic E-state index is 0.284. The Balaban J connectivity index is 2.30. The minimum Gasteiger partial charge on any atom is -0.310 e. The van der Waals surface area contributed by atoms with Gasteiger partial charge in [0.25, 0.3) is 0 Å². The average Bonchev–Trinajstić information content (AvgIpc) is 2.45. The van der Waals surface area contributed by atoms with Gasteiger partial charge in [-0.05, 0) is 55.6 Å². The van der Waals surface area contributed by atoms with E-state index in [9.17, 15) is 0 Å². The predicted molar refractivity (Wildman–Crippen MR) is 92.5 cm³/mol. The van der Waals surface area contributed by atoms with Crippen LogP contribution in [0.4, 0.5) is 0 Å². The van der Waals surface area contributed by atoms with Gasteiger partial charge < -0.3 is 5.32 Å². The van der Waals surface area contributed by atoms with Crippen molar-refractivity contribution < 1.29 is 0 Å². The molecule has 0 aliphatic rings. The minimum absolute atomic E-state index is 0.284. The van der Waals surface area contributed by atoms with Crippen LogP contribution in [0, 0.1) is 13.8 Å². The highest BCUT2D eigenvalue weighted by molar-refractivity contribution is 6.42. The predicted octanol–water partition coefficient (Wildman–Crippen LogP) is 5.50. The zero-order chi connectivity index (χ0) is 15.4. The van der Waals surface area contributed by atoms with Crippen molar-refractivity contribution in [2.45, 2.75) is 33.2 Å². The standard InChI is InChI=1S/C18H21Cl2N/c1-4-21-18(15-9-12(2)5-6-13(15)3)11-14-7-8-16(19)17(20)10-14/h5-10,18,21H,4,11H2,1-3H3. The summed E-state index contributed by atoms with van der Waals surface area (Å²) in [4.78, 5) is 0. The van der Waals surface area contributed by atoms with E-state index < -0.39 is 0 Å². The van der Waals surface area contributed by atoms with Crippen LogP contribution in [-0.4, -0.2) is 6.54 Å². The van der Waals surface area contributed by atoms with Crippen molar-refractivity contribution in [2.75, 3.05) is 6.54 Å². The number of hydrogen-bond acceptors (Lipinski definition) is 1. The van der Waals surface area contributed by atoms with Gasteiger partial charge in [-0.3, -0.25) is 0 Å². The van der Waals surface area contributed by atoms with Crippen LogP contribution < -0.4 is 5.32 Å². The van der Waals surface area contributed by atoms with Gasteiger partial charge in [-0.25, -0.2) is 0 Å². The van der Waals surface area contributed by atoms with E-state index in [1.807, 2.05) is 18.2 Å². The lowest BCUT2D eigenvalue weighted by Crippen LogP contribution is -2.23. The van der Waals surface area contributed by atoms with Crippen LogP contribution in [0.5, 0.6) is 0 Å². The van der Waals surface area contributed by atoms with E-state index in [1.165, 1.54) is 22.3 Å². The number of likely N-dealkylation sites (N-methyl/N-ethyl adjacent to an activating group) is 1. The fourth-order valence-corrected chi connectivity index (χ4v) is 2.90. The Kier molecular flexibility index (Phi) is 5.69. The number of benzene rings is 2. The average molecular weight is 322 g/mol. The van der Waals surface area contributed by atoms with Crippen LogP contribution in [0.3, 0.4) is 0 Å². The zero-order valence-electron chi connectivity index (χ0n) is 12.7. The Morgan fingerprint density at radius 3 is 2.43 bits per heavy atom. The van der Waals surface area contributed by atoms with Gasteiger partial charge in [0.2, 0.25) is 0 Å². The van der Waals surface area contributed by atoms with Gasteiger partial charge >= 0.3 is 0 Å². The molecule has 0 aliphatic heterocycles. The monoisotopic (exact) mass is 321 g/mol. The SMILES string of the molecule is CCNC(Cc1ccc(Cl)c(Cl)c1)c1cc(C)ccc1C. The molecule has 3 heteroatoms. The first-order valence-electron chi connectivity index (χ1n) is 7.25. The van der Waals surface area contributed by atoms with Crippen LogP contribution in [-0.2, 0) is 6.42 Å². The maximum Gasteiger partial charge on any atom is 0.0595 e. The van der Waals surface area contributed by atoms with E-state index in [0.717, 1.165) is 13.0 Å². The molecule has 2 rings (SSSR count). The molecule has 0 saturated carbocycles. The Morgan fingerprint density at radius 1 is 1.00 bits per heavy atom. The summed E-state index contributed by atoms with van der Waals surface area (Å²) in [6, 6.07) is 12.8. The summed E-state index contributed by atoms with van der Waals surface area (Å²) >= 11 is 12.1. The van der Waals surface area contributed by atoms with Crippen molar-refractivity contribution in [3.05, 3.63) is 68.7 Å². The van der Waals surface area contributed by atoms with Gasteiger partial charge in [0.1, 0.15) is 0 Å². The third-order valence-electron chi connectivity index (χ3n) is 3.68. The highest BCUT2D eigenvalue weighted by atomic mass is 35.5. The molecule has 2 aromatic rings. The normalized spacial score (nSPS) is 12.4. The lowest BCUT2D eigenvalue weighted by molar-refractivity contribution is 0.547. The third-order valence-corrected chi connectivity index (χ3v) is 4.42. The van der Waals surface area contributed by atoms with Crippen molar-refractivity contribution in [1.82, 2.24) is 5.32 Å². The van der Waals surface area contributed by atoms with Gasteiger partial charge in [-0.1, -0.05) is 60.0 Å². The van der Waals surface area contributed by atoms with Crippen molar-refractivity contribution in [2.24, 2.45) is 0 Å². The summed E-state index contributed by atoms with van der Waals surface area (Å²) in [7, 11) is 0. The lowest BCUT2D eigenvalue weighted by atomic mass is 9.94. The molecule has 1 nitrogen and oxygen atoms in total. The third kappa shape index (κ3) is 4.23. The highest BCUT2D eigenvalue weighted by Crippen LogP contribution is 2.27. The molecule has 0 amide bonds. The molecule has 0 bridgehead atoms. The molecule has 112 valence electrons.